The Balaban J connectivity index is 1.84. The maximum atomic E-state index is 12.9. The van der Waals surface area contributed by atoms with Crippen LogP contribution in [0.15, 0.2) is 34.0 Å². The van der Waals surface area contributed by atoms with Crippen LogP contribution in [-0.2, 0) is 6.54 Å². The minimum absolute atomic E-state index is 0.139. The van der Waals surface area contributed by atoms with E-state index < -0.39 is 22.8 Å². The Morgan fingerprint density at radius 1 is 1.22 bits per heavy atom. The van der Waals surface area contributed by atoms with Crippen LogP contribution in [-0.4, -0.2) is 63.0 Å². The molecule has 0 aliphatic heterocycles. The third kappa shape index (κ3) is 5.85. The summed E-state index contributed by atoms with van der Waals surface area (Å²) in [5.41, 5.74) is -1.52. The van der Waals surface area contributed by atoms with E-state index in [0.717, 1.165) is 41.1 Å². The molecular weight excluding hydrogens is 434 g/mol. The number of amides is 1. The molecule has 174 valence electrons. The Morgan fingerprint density at radius 2 is 1.91 bits per heavy atom. The van der Waals surface area contributed by atoms with Gasteiger partial charge in [-0.1, -0.05) is 37.3 Å². The monoisotopic (exact) mass is 463 g/mol. The van der Waals surface area contributed by atoms with Crippen LogP contribution in [0.1, 0.15) is 48.9 Å². The highest BCUT2D eigenvalue weighted by Gasteiger charge is 2.28. The highest BCUT2D eigenvalue weighted by atomic mass is 35.5. The predicted molar refractivity (Wildman–Crippen MR) is 123 cm³/mol. The second kappa shape index (κ2) is 10.4. The van der Waals surface area contributed by atoms with Crippen molar-refractivity contribution in [2.24, 2.45) is 0 Å². The van der Waals surface area contributed by atoms with Crippen LogP contribution in [0.3, 0.4) is 0 Å². The third-order valence-electron chi connectivity index (χ3n) is 5.78. The van der Waals surface area contributed by atoms with Gasteiger partial charge in [0.1, 0.15) is 6.20 Å². The summed E-state index contributed by atoms with van der Waals surface area (Å²) >= 11 is 6.25. The first-order chi connectivity index (χ1) is 15.2. The number of aliphatic hydroxyl groups is 1. The summed E-state index contributed by atoms with van der Waals surface area (Å²) in [6.45, 7) is 0.864. The van der Waals surface area contributed by atoms with Crippen molar-refractivity contribution in [2.75, 3.05) is 27.2 Å². The normalized spacial score (nSPS) is 16.0. The number of carbonyl (C=O) groups is 1. The van der Waals surface area contributed by atoms with Gasteiger partial charge in [0.15, 0.2) is 0 Å². The van der Waals surface area contributed by atoms with Crippen molar-refractivity contribution < 1.29 is 9.90 Å². The van der Waals surface area contributed by atoms with Gasteiger partial charge in [-0.15, -0.1) is 0 Å². The maximum absolute atomic E-state index is 12.9. The van der Waals surface area contributed by atoms with E-state index in [2.05, 4.69) is 10.4 Å². The van der Waals surface area contributed by atoms with Gasteiger partial charge in [-0.2, -0.15) is 9.78 Å². The number of nitrogens with one attached hydrogen (secondary N) is 1. The first kappa shape index (κ1) is 24.2. The molecule has 2 aromatic rings. The Labute approximate surface area is 191 Å². The van der Waals surface area contributed by atoms with Gasteiger partial charge in [0.2, 0.25) is 0 Å². The molecule has 1 aliphatic carbocycles. The van der Waals surface area contributed by atoms with Crippen molar-refractivity contribution in [3.8, 4) is 5.69 Å². The number of halogens is 1. The van der Waals surface area contributed by atoms with E-state index in [1.54, 1.807) is 6.07 Å². The number of hydrogen-bond acceptors (Lipinski definition) is 6. The summed E-state index contributed by atoms with van der Waals surface area (Å²) in [5.74, 6) is -0.441. The molecule has 1 aromatic heterocycles. The highest BCUT2D eigenvalue weighted by Crippen LogP contribution is 2.26. The number of nitrogens with zero attached hydrogens (tertiary/aromatic N) is 4. The number of carbonyl (C=O) groups excluding carboxylic acids is 1. The zero-order valence-corrected chi connectivity index (χ0v) is 19.3. The van der Waals surface area contributed by atoms with E-state index in [9.17, 15) is 19.5 Å². The largest absolute Gasteiger partial charge is 0.388 e. The van der Waals surface area contributed by atoms with E-state index in [0.29, 0.717) is 25.1 Å². The number of benzene rings is 1. The lowest BCUT2D eigenvalue weighted by Gasteiger charge is -2.26. The molecule has 0 atom stereocenters. The summed E-state index contributed by atoms with van der Waals surface area (Å²) in [6, 6.07) is 4.53. The van der Waals surface area contributed by atoms with Crippen molar-refractivity contribution in [3.63, 3.8) is 0 Å². The van der Waals surface area contributed by atoms with Crippen LogP contribution >= 0.6 is 11.6 Å². The fourth-order valence-electron chi connectivity index (χ4n) is 3.84. The zero-order chi connectivity index (χ0) is 23.3. The standard InChI is InChI=1S/C22H30ClN5O4/c1-26(2)11-12-27-19(29)14-25-28(21(27)31)16-7-8-18(23)17(13-16)20(30)24-15-22(32)9-5-3-4-6-10-22/h7-8,13-14,32H,3-6,9-12,15H2,1-2H3,(H,24,30). The summed E-state index contributed by atoms with van der Waals surface area (Å²) < 4.78 is 2.17. The first-order valence-electron chi connectivity index (χ1n) is 10.8. The molecule has 1 amide bonds. The molecule has 9 nitrogen and oxygen atoms in total. The molecule has 32 heavy (non-hydrogen) atoms. The van der Waals surface area contributed by atoms with Gasteiger partial charge in [-0.3, -0.25) is 14.2 Å². The lowest BCUT2D eigenvalue weighted by molar-refractivity contribution is 0.0246. The van der Waals surface area contributed by atoms with Gasteiger partial charge < -0.3 is 15.3 Å². The van der Waals surface area contributed by atoms with Crippen molar-refractivity contribution in [3.05, 3.63) is 55.8 Å². The van der Waals surface area contributed by atoms with Crippen LogP contribution in [0, 0.1) is 0 Å². The molecule has 3 rings (SSSR count). The zero-order valence-electron chi connectivity index (χ0n) is 18.5. The molecular formula is C22H30ClN5O4. The smallest absolute Gasteiger partial charge is 0.352 e. The Hall–Kier alpha value is -2.49. The van der Waals surface area contributed by atoms with Gasteiger partial charge >= 0.3 is 5.69 Å². The van der Waals surface area contributed by atoms with Crippen molar-refractivity contribution in [2.45, 2.75) is 50.7 Å². The average Bonchev–Trinajstić information content (AvgIpc) is 2.97. The summed E-state index contributed by atoms with van der Waals surface area (Å²) in [4.78, 5) is 39.7. The molecule has 0 spiro atoms. The van der Waals surface area contributed by atoms with Crippen LogP contribution in [0.5, 0.6) is 0 Å². The van der Waals surface area contributed by atoms with E-state index in [1.165, 1.54) is 12.1 Å². The molecule has 10 heteroatoms. The van der Waals surface area contributed by atoms with Crippen molar-refractivity contribution in [1.29, 1.82) is 0 Å². The van der Waals surface area contributed by atoms with E-state index >= 15 is 0 Å². The molecule has 1 aliphatic rings. The first-order valence-corrected chi connectivity index (χ1v) is 11.2. The molecule has 0 radical (unpaired) electrons. The Bertz CT molecular complexity index is 1070. The molecule has 2 N–H and O–H groups in total. The highest BCUT2D eigenvalue weighted by molar-refractivity contribution is 6.33. The van der Waals surface area contributed by atoms with Gasteiger partial charge in [0.05, 0.1) is 21.9 Å². The number of hydrogen-bond donors (Lipinski definition) is 2. The lowest BCUT2D eigenvalue weighted by Crippen LogP contribution is -2.43. The number of aromatic nitrogens is 3. The molecule has 1 saturated carbocycles. The summed E-state index contributed by atoms with van der Waals surface area (Å²) in [6.07, 6.45) is 6.41. The molecule has 1 heterocycles. The fourth-order valence-corrected chi connectivity index (χ4v) is 4.04. The van der Waals surface area contributed by atoms with Gasteiger partial charge in [-0.25, -0.2) is 4.79 Å². The second-order valence-corrected chi connectivity index (χ2v) is 9.02. The number of likely N-dealkylation sites (N-methyl/N-ethyl adjacent to an activating group) is 1. The second-order valence-electron chi connectivity index (χ2n) is 8.62. The lowest BCUT2D eigenvalue weighted by atomic mass is 9.94. The SMILES string of the molecule is CN(C)CCn1c(=O)cnn(-c2ccc(Cl)c(C(=O)NCC3(O)CCCCCC3)c2)c1=O. The summed E-state index contributed by atoms with van der Waals surface area (Å²) in [7, 11) is 3.70. The minimum atomic E-state index is -0.920. The topological polar surface area (TPSA) is 109 Å². The van der Waals surface area contributed by atoms with E-state index in [-0.39, 0.29) is 23.7 Å². The summed E-state index contributed by atoms with van der Waals surface area (Å²) in [5, 5.41) is 17.7. The van der Waals surface area contributed by atoms with Crippen LogP contribution in [0.25, 0.3) is 5.69 Å². The van der Waals surface area contributed by atoms with Gasteiger partial charge in [0, 0.05) is 19.6 Å². The maximum Gasteiger partial charge on any atom is 0.352 e. The molecule has 0 bridgehead atoms. The van der Waals surface area contributed by atoms with Crippen LogP contribution < -0.4 is 16.6 Å². The number of rotatable bonds is 7. The van der Waals surface area contributed by atoms with Gasteiger partial charge in [0.25, 0.3) is 11.5 Å². The molecule has 1 fully saturated rings. The van der Waals surface area contributed by atoms with Crippen LogP contribution in [0.4, 0.5) is 0 Å². The van der Waals surface area contributed by atoms with Crippen molar-refractivity contribution in [1.82, 2.24) is 24.6 Å². The molecule has 0 saturated heterocycles. The fraction of sp³-hybridized carbons (Fsp3) is 0.545. The average molecular weight is 464 g/mol. The van der Waals surface area contributed by atoms with Gasteiger partial charge in [-0.05, 0) is 45.1 Å². The Morgan fingerprint density at radius 3 is 2.56 bits per heavy atom. The Kier molecular flexibility index (Phi) is 7.86. The van der Waals surface area contributed by atoms with E-state index in [1.807, 2.05) is 19.0 Å². The van der Waals surface area contributed by atoms with Crippen LogP contribution in [0.2, 0.25) is 5.02 Å². The quantitative estimate of drug-likeness (QED) is 0.601. The van der Waals surface area contributed by atoms with Crippen molar-refractivity contribution >= 4 is 17.5 Å². The minimum Gasteiger partial charge on any atom is -0.388 e. The predicted octanol–water partition coefficient (Wildman–Crippen LogP) is 1.42. The third-order valence-corrected chi connectivity index (χ3v) is 6.11. The molecule has 0 unspecified atom stereocenters. The molecule has 1 aromatic carbocycles. The van der Waals surface area contributed by atoms with E-state index in [4.69, 9.17) is 11.6 Å².